The first-order valence-electron chi connectivity index (χ1n) is 4.60. The zero-order chi connectivity index (χ0) is 9.68. The summed E-state index contributed by atoms with van der Waals surface area (Å²) in [6.45, 7) is 4.87. The van der Waals surface area contributed by atoms with Crippen LogP contribution in [0.3, 0.4) is 0 Å². The highest BCUT2D eigenvalue weighted by Crippen LogP contribution is 2.05. The topological polar surface area (TPSA) is 47.8 Å². The summed E-state index contributed by atoms with van der Waals surface area (Å²) in [6.07, 6.45) is 4.46. The normalized spacial score (nSPS) is 12.8. The van der Waals surface area contributed by atoms with Crippen LogP contribution in [-0.4, -0.2) is 21.3 Å². The molecule has 72 valence electrons. The van der Waals surface area contributed by atoms with Gasteiger partial charge >= 0.3 is 0 Å². The number of rotatable bonds is 5. The predicted octanol–water partition coefficient (Wildman–Crippen LogP) is 1.07. The van der Waals surface area contributed by atoms with Gasteiger partial charge in [0.25, 0.3) is 0 Å². The average molecular weight is 181 g/mol. The van der Waals surface area contributed by atoms with Gasteiger partial charge in [-0.3, -0.25) is 0 Å². The molecule has 0 spiro atoms. The third-order valence-electron chi connectivity index (χ3n) is 1.90. The highest BCUT2D eigenvalue weighted by atomic mass is 16.1. The summed E-state index contributed by atoms with van der Waals surface area (Å²) in [5.41, 5.74) is 1.04. The van der Waals surface area contributed by atoms with E-state index in [1.165, 1.54) is 0 Å². The van der Waals surface area contributed by atoms with Crippen molar-refractivity contribution in [2.75, 3.05) is 0 Å². The standard InChI is InChI=1S/C9H15N3O/c1-3-4-12-9(6-10-11-12)5-8(2)7-13/h6-8H,3-5H2,1-2H3. The minimum absolute atomic E-state index is 0.0501. The first kappa shape index (κ1) is 9.89. The minimum Gasteiger partial charge on any atom is -0.303 e. The lowest BCUT2D eigenvalue weighted by atomic mass is 10.1. The first-order valence-corrected chi connectivity index (χ1v) is 4.60. The molecule has 0 amide bonds. The monoisotopic (exact) mass is 181 g/mol. The molecule has 4 nitrogen and oxygen atoms in total. The summed E-state index contributed by atoms with van der Waals surface area (Å²) in [5.74, 6) is 0.0501. The summed E-state index contributed by atoms with van der Waals surface area (Å²) in [4.78, 5) is 10.5. The van der Waals surface area contributed by atoms with Gasteiger partial charge in [-0.1, -0.05) is 19.1 Å². The second-order valence-electron chi connectivity index (χ2n) is 3.27. The molecule has 1 unspecified atom stereocenters. The van der Waals surface area contributed by atoms with Gasteiger partial charge in [0.2, 0.25) is 0 Å². The molecule has 0 fully saturated rings. The van der Waals surface area contributed by atoms with E-state index in [-0.39, 0.29) is 5.92 Å². The van der Waals surface area contributed by atoms with Gasteiger partial charge in [-0.15, -0.1) is 5.10 Å². The Balaban J connectivity index is 2.64. The summed E-state index contributed by atoms with van der Waals surface area (Å²) in [7, 11) is 0. The quantitative estimate of drug-likeness (QED) is 0.638. The van der Waals surface area contributed by atoms with Crippen LogP contribution in [0.15, 0.2) is 6.20 Å². The van der Waals surface area contributed by atoms with Crippen molar-refractivity contribution in [2.45, 2.75) is 33.2 Å². The van der Waals surface area contributed by atoms with E-state index in [4.69, 9.17) is 0 Å². The maximum atomic E-state index is 10.5. The average Bonchev–Trinajstić information content (AvgIpc) is 2.54. The number of hydrogen-bond acceptors (Lipinski definition) is 3. The van der Waals surface area contributed by atoms with Crippen LogP contribution >= 0.6 is 0 Å². The van der Waals surface area contributed by atoms with E-state index < -0.39 is 0 Å². The van der Waals surface area contributed by atoms with Crippen molar-refractivity contribution in [3.05, 3.63) is 11.9 Å². The second-order valence-corrected chi connectivity index (χ2v) is 3.27. The third kappa shape index (κ3) is 2.65. The van der Waals surface area contributed by atoms with E-state index in [1.54, 1.807) is 6.20 Å². The van der Waals surface area contributed by atoms with Crippen LogP contribution < -0.4 is 0 Å². The van der Waals surface area contributed by atoms with Crippen molar-refractivity contribution >= 4 is 6.29 Å². The van der Waals surface area contributed by atoms with Gasteiger partial charge in [-0.2, -0.15) is 0 Å². The number of aldehydes is 1. The maximum Gasteiger partial charge on any atom is 0.123 e. The van der Waals surface area contributed by atoms with Crippen molar-refractivity contribution in [1.82, 2.24) is 15.0 Å². The maximum absolute atomic E-state index is 10.5. The molecule has 0 saturated carbocycles. The Bertz CT molecular complexity index is 270. The molecule has 4 heteroatoms. The zero-order valence-corrected chi connectivity index (χ0v) is 8.10. The van der Waals surface area contributed by atoms with Crippen LogP contribution in [0, 0.1) is 5.92 Å². The molecule has 1 rings (SSSR count). The van der Waals surface area contributed by atoms with Gasteiger partial charge in [-0.25, -0.2) is 4.68 Å². The molecule has 13 heavy (non-hydrogen) atoms. The Morgan fingerprint density at radius 2 is 2.46 bits per heavy atom. The third-order valence-corrected chi connectivity index (χ3v) is 1.90. The highest BCUT2D eigenvalue weighted by Gasteiger charge is 2.07. The van der Waals surface area contributed by atoms with Crippen LogP contribution in [0.4, 0.5) is 0 Å². The van der Waals surface area contributed by atoms with Crippen LogP contribution in [0.1, 0.15) is 26.0 Å². The van der Waals surface area contributed by atoms with Crippen molar-refractivity contribution in [2.24, 2.45) is 5.92 Å². The van der Waals surface area contributed by atoms with Gasteiger partial charge < -0.3 is 4.79 Å². The summed E-state index contributed by atoms with van der Waals surface area (Å²) < 4.78 is 1.86. The predicted molar refractivity (Wildman–Crippen MR) is 49.2 cm³/mol. The molecule has 0 bridgehead atoms. The van der Waals surface area contributed by atoms with Gasteiger partial charge in [0.05, 0.1) is 11.9 Å². The lowest BCUT2D eigenvalue weighted by Gasteiger charge is -2.05. The van der Waals surface area contributed by atoms with Crippen molar-refractivity contribution in [3.63, 3.8) is 0 Å². The highest BCUT2D eigenvalue weighted by molar-refractivity contribution is 5.53. The molecule has 0 aromatic carbocycles. The molecule has 0 saturated heterocycles. The zero-order valence-electron chi connectivity index (χ0n) is 8.10. The second kappa shape index (κ2) is 4.74. The number of nitrogens with zero attached hydrogens (tertiary/aromatic N) is 3. The number of aryl methyl sites for hydroxylation is 1. The van der Waals surface area contributed by atoms with E-state index in [0.29, 0.717) is 0 Å². The number of carbonyl (C=O) groups is 1. The molecule has 0 N–H and O–H groups in total. The van der Waals surface area contributed by atoms with E-state index in [9.17, 15) is 4.79 Å². The van der Waals surface area contributed by atoms with E-state index >= 15 is 0 Å². The smallest absolute Gasteiger partial charge is 0.123 e. The first-order chi connectivity index (χ1) is 6.27. The summed E-state index contributed by atoms with van der Waals surface area (Å²) >= 11 is 0. The Labute approximate surface area is 77.9 Å². The van der Waals surface area contributed by atoms with Gasteiger partial charge in [0.1, 0.15) is 6.29 Å². The van der Waals surface area contributed by atoms with Crippen LogP contribution in [0.2, 0.25) is 0 Å². The Kier molecular flexibility index (Phi) is 3.61. The SMILES string of the molecule is CCCn1nncc1CC(C)C=O. The molecule has 1 heterocycles. The number of hydrogen-bond donors (Lipinski definition) is 0. The van der Waals surface area contributed by atoms with Crippen LogP contribution in [0.5, 0.6) is 0 Å². The van der Waals surface area contributed by atoms with Crippen LogP contribution in [0.25, 0.3) is 0 Å². The number of carbonyl (C=O) groups excluding carboxylic acids is 1. The fourth-order valence-corrected chi connectivity index (χ4v) is 1.22. The largest absolute Gasteiger partial charge is 0.303 e. The number of aromatic nitrogens is 3. The molecular weight excluding hydrogens is 166 g/mol. The molecule has 0 radical (unpaired) electrons. The van der Waals surface area contributed by atoms with Crippen molar-refractivity contribution < 1.29 is 4.79 Å². The fourth-order valence-electron chi connectivity index (χ4n) is 1.22. The minimum atomic E-state index is 0.0501. The molecular formula is C9H15N3O. The Morgan fingerprint density at radius 1 is 1.69 bits per heavy atom. The molecule has 0 aliphatic rings. The van der Waals surface area contributed by atoms with E-state index in [1.807, 2.05) is 11.6 Å². The van der Waals surface area contributed by atoms with Crippen LogP contribution in [-0.2, 0) is 17.8 Å². The van der Waals surface area contributed by atoms with Crippen molar-refractivity contribution in [1.29, 1.82) is 0 Å². The Morgan fingerprint density at radius 3 is 3.08 bits per heavy atom. The van der Waals surface area contributed by atoms with Gasteiger partial charge in [0.15, 0.2) is 0 Å². The lowest BCUT2D eigenvalue weighted by molar-refractivity contribution is -0.110. The van der Waals surface area contributed by atoms with E-state index in [2.05, 4.69) is 17.2 Å². The molecule has 1 aromatic heterocycles. The van der Waals surface area contributed by atoms with Crippen molar-refractivity contribution in [3.8, 4) is 0 Å². The molecule has 0 aliphatic carbocycles. The summed E-state index contributed by atoms with van der Waals surface area (Å²) in [5, 5.41) is 7.77. The Hall–Kier alpha value is -1.19. The van der Waals surface area contributed by atoms with Gasteiger partial charge in [0, 0.05) is 18.9 Å². The van der Waals surface area contributed by atoms with E-state index in [0.717, 1.165) is 31.4 Å². The molecule has 0 aliphatic heterocycles. The van der Waals surface area contributed by atoms with Gasteiger partial charge in [-0.05, 0) is 6.42 Å². The molecule has 1 atom stereocenters. The molecule has 1 aromatic rings. The fraction of sp³-hybridized carbons (Fsp3) is 0.667. The lowest BCUT2D eigenvalue weighted by Crippen LogP contribution is -2.09. The summed E-state index contributed by atoms with van der Waals surface area (Å²) in [6, 6.07) is 0.